The normalized spacial score (nSPS) is 32.4. The molecule has 1 aliphatic carbocycles. The minimum atomic E-state index is 0.589. The minimum Gasteiger partial charge on any atom is -0.241 e. The highest BCUT2D eigenvalue weighted by atomic mass is 127. The van der Waals surface area contributed by atoms with Crippen molar-refractivity contribution in [3.05, 3.63) is 0 Å². The predicted molar refractivity (Wildman–Crippen MR) is 74.1 cm³/mol. The summed E-state index contributed by atoms with van der Waals surface area (Å²) in [6.45, 7) is 6.15. The van der Waals surface area contributed by atoms with Gasteiger partial charge in [-0.15, -0.1) is 0 Å². The number of hydrogen-bond acceptors (Lipinski definition) is 1. The molecule has 0 radical (unpaired) electrons. The highest BCUT2D eigenvalue weighted by Gasteiger charge is 2.42. The van der Waals surface area contributed by atoms with Crippen LogP contribution in [-0.2, 0) is 0 Å². The van der Waals surface area contributed by atoms with E-state index in [4.69, 9.17) is 0 Å². The van der Waals surface area contributed by atoms with Crippen LogP contribution in [0.4, 0.5) is 0 Å². The summed E-state index contributed by atoms with van der Waals surface area (Å²) >= 11 is 2.60. The van der Waals surface area contributed by atoms with Gasteiger partial charge in [-0.1, -0.05) is 26.7 Å². The van der Waals surface area contributed by atoms with Crippen molar-refractivity contribution >= 4 is 22.9 Å². The first-order chi connectivity index (χ1) is 7.14. The minimum absolute atomic E-state index is 0.589. The van der Waals surface area contributed by atoms with Gasteiger partial charge in [0, 0.05) is 34.9 Å². The van der Waals surface area contributed by atoms with Crippen LogP contribution in [0.25, 0.3) is 0 Å². The number of rotatable bonds is 1. The fourth-order valence-corrected chi connectivity index (χ4v) is 4.49. The van der Waals surface area contributed by atoms with E-state index < -0.39 is 0 Å². The maximum Gasteiger partial charge on any atom is 0.0307 e. The van der Waals surface area contributed by atoms with Gasteiger partial charge in [0.25, 0.3) is 0 Å². The van der Waals surface area contributed by atoms with Crippen molar-refractivity contribution in [2.75, 3.05) is 6.54 Å². The van der Waals surface area contributed by atoms with Crippen molar-refractivity contribution in [2.24, 2.45) is 11.8 Å². The second kappa shape index (κ2) is 4.91. The molecule has 0 N–H and O–H groups in total. The maximum atomic E-state index is 2.67. The van der Waals surface area contributed by atoms with Gasteiger partial charge in [-0.25, -0.2) is 3.11 Å². The van der Waals surface area contributed by atoms with E-state index in [2.05, 4.69) is 39.8 Å². The van der Waals surface area contributed by atoms with Gasteiger partial charge in [-0.3, -0.25) is 0 Å². The first-order valence-corrected chi connectivity index (χ1v) is 7.54. The highest BCUT2D eigenvalue weighted by Crippen LogP contribution is 2.46. The molecule has 15 heavy (non-hydrogen) atoms. The van der Waals surface area contributed by atoms with Crippen molar-refractivity contribution in [3.63, 3.8) is 0 Å². The SMILES string of the molecule is CC(C)[C@@H]1CCCN(I)C2(CCCC2)C1. The lowest BCUT2D eigenvalue weighted by Crippen LogP contribution is -2.41. The molecule has 2 aliphatic rings. The van der Waals surface area contributed by atoms with Gasteiger partial charge in [0.05, 0.1) is 0 Å². The Morgan fingerprint density at radius 3 is 2.47 bits per heavy atom. The van der Waals surface area contributed by atoms with Crippen LogP contribution in [0.15, 0.2) is 0 Å². The molecule has 1 aliphatic heterocycles. The van der Waals surface area contributed by atoms with E-state index in [1.807, 2.05) is 0 Å². The summed E-state index contributed by atoms with van der Waals surface area (Å²) < 4.78 is 2.67. The average Bonchev–Trinajstić information content (AvgIpc) is 2.58. The van der Waals surface area contributed by atoms with Gasteiger partial charge in [0.2, 0.25) is 0 Å². The summed E-state index contributed by atoms with van der Waals surface area (Å²) in [7, 11) is 0. The van der Waals surface area contributed by atoms with Gasteiger partial charge in [-0.05, 0) is 43.9 Å². The van der Waals surface area contributed by atoms with Crippen LogP contribution < -0.4 is 0 Å². The van der Waals surface area contributed by atoms with Gasteiger partial charge in [0.1, 0.15) is 0 Å². The van der Waals surface area contributed by atoms with Crippen LogP contribution in [0.2, 0.25) is 0 Å². The lowest BCUT2D eigenvalue weighted by molar-refractivity contribution is 0.187. The van der Waals surface area contributed by atoms with Gasteiger partial charge in [-0.2, -0.15) is 0 Å². The molecule has 0 aromatic heterocycles. The molecule has 0 aromatic rings. The summed E-state index contributed by atoms with van der Waals surface area (Å²) in [6.07, 6.45) is 10.2. The van der Waals surface area contributed by atoms with E-state index in [1.54, 1.807) is 0 Å². The van der Waals surface area contributed by atoms with E-state index >= 15 is 0 Å². The van der Waals surface area contributed by atoms with Gasteiger partial charge in [0.15, 0.2) is 0 Å². The summed E-state index contributed by atoms with van der Waals surface area (Å²) in [5, 5.41) is 0. The van der Waals surface area contributed by atoms with Gasteiger partial charge < -0.3 is 0 Å². The molecule has 2 rings (SSSR count). The zero-order valence-electron chi connectivity index (χ0n) is 10.1. The third kappa shape index (κ3) is 2.51. The fraction of sp³-hybridized carbons (Fsp3) is 1.00. The Kier molecular flexibility index (Phi) is 3.98. The predicted octanol–water partition coefficient (Wildman–Crippen LogP) is 4.41. The number of nitrogens with zero attached hydrogens (tertiary/aromatic N) is 1. The van der Waals surface area contributed by atoms with E-state index in [0.29, 0.717) is 5.54 Å². The van der Waals surface area contributed by atoms with E-state index in [0.717, 1.165) is 11.8 Å². The van der Waals surface area contributed by atoms with E-state index in [-0.39, 0.29) is 0 Å². The highest BCUT2D eigenvalue weighted by molar-refractivity contribution is 14.1. The van der Waals surface area contributed by atoms with Crippen LogP contribution in [0.5, 0.6) is 0 Å². The Balaban J connectivity index is 2.11. The molecule has 1 nitrogen and oxygen atoms in total. The number of halogens is 1. The van der Waals surface area contributed by atoms with Crippen LogP contribution >= 0.6 is 22.9 Å². The quantitative estimate of drug-likeness (QED) is 0.511. The zero-order chi connectivity index (χ0) is 10.9. The second-order valence-corrected chi connectivity index (χ2v) is 7.03. The largest absolute Gasteiger partial charge is 0.241 e. The lowest BCUT2D eigenvalue weighted by Gasteiger charge is -2.38. The topological polar surface area (TPSA) is 3.24 Å². The molecule has 1 saturated carbocycles. The Morgan fingerprint density at radius 2 is 1.87 bits per heavy atom. The molecule has 0 bridgehead atoms. The van der Waals surface area contributed by atoms with Crippen molar-refractivity contribution in [1.82, 2.24) is 3.11 Å². The van der Waals surface area contributed by atoms with Crippen LogP contribution in [-0.4, -0.2) is 15.2 Å². The average molecular weight is 321 g/mol. The fourth-order valence-electron chi connectivity index (χ4n) is 3.47. The third-order valence-corrected chi connectivity index (χ3v) is 6.07. The van der Waals surface area contributed by atoms with Crippen LogP contribution in [0, 0.1) is 11.8 Å². The molecule has 1 saturated heterocycles. The molecular formula is C13H24IN. The second-order valence-electron chi connectivity index (χ2n) is 5.87. The lowest BCUT2D eigenvalue weighted by atomic mass is 9.80. The monoisotopic (exact) mass is 321 g/mol. The van der Waals surface area contributed by atoms with Crippen molar-refractivity contribution in [1.29, 1.82) is 0 Å². The Labute approximate surface area is 108 Å². The summed E-state index contributed by atoms with van der Waals surface area (Å²) in [5.74, 6) is 1.85. The summed E-state index contributed by atoms with van der Waals surface area (Å²) in [5.41, 5.74) is 0.589. The van der Waals surface area contributed by atoms with Crippen LogP contribution in [0.1, 0.15) is 58.8 Å². The molecule has 1 atom stereocenters. The Bertz CT molecular complexity index is 209. The van der Waals surface area contributed by atoms with Crippen molar-refractivity contribution in [2.45, 2.75) is 64.3 Å². The molecule has 2 fully saturated rings. The smallest absolute Gasteiger partial charge is 0.0307 e. The molecule has 0 aromatic carbocycles. The van der Waals surface area contributed by atoms with Crippen LogP contribution in [0.3, 0.4) is 0 Å². The van der Waals surface area contributed by atoms with Crippen molar-refractivity contribution < 1.29 is 0 Å². The molecule has 1 spiro atoms. The Hall–Kier alpha value is 0.690. The Morgan fingerprint density at radius 1 is 1.20 bits per heavy atom. The molecule has 88 valence electrons. The first kappa shape index (κ1) is 12.2. The summed E-state index contributed by atoms with van der Waals surface area (Å²) in [6, 6.07) is 0. The van der Waals surface area contributed by atoms with Gasteiger partial charge >= 0.3 is 0 Å². The molecule has 0 unspecified atom stereocenters. The van der Waals surface area contributed by atoms with E-state index in [9.17, 15) is 0 Å². The molecular weight excluding hydrogens is 297 g/mol. The molecule has 2 heteroatoms. The standard InChI is InChI=1S/C13H24IN/c1-11(2)12-6-5-9-15(14)13(10-12)7-3-4-8-13/h11-12H,3-10H2,1-2H3/t12-/m1/s1. The van der Waals surface area contributed by atoms with Crippen molar-refractivity contribution in [3.8, 4) is 0 Å². The number of hydrogen-bond donors (Lipinski definition) is 0. The van der Waals surface area contributed by atoms with E-state index in [1.165, 1.54) is 51.5 Å². The zero-order valence-corrected chi connectivity index (χ0v) is 12.3. The third-order valence-electron chi connectivity index (χ3n) is 4.56. The maximum absolute atomic E-state index is 2.67. The molecule has 1 heterocycles. The first-order valence-electron chi connectivity index (χ1n) is 6.57. The molecule has 0 amide bonds. The summed E-state index contributed by atoms with van der Waals surface area (Å²) in [4.78, 5) is 0.